The molecule has 1 aromatic heterocycles. The summed E-state index contributed by atoms with van der Waals surface area (Å²) >= 11 is 0. The monoisotopic (exact) mass is 822 g/mol. The highest BCUT2D eigenvalue weighted by molar-refractivity contribution is 6.88. The maximum Gasteiger partial charge on any atom is 0.0775 e. The highest BCUT2D eigenvalue weighted by atomic mass is 28.3. The summed E-state index contributed by atoms with van der Waals surface area (Å²) in [6, 6.07) is 57.9. The molecule has 0 aliphatic heterocycles. The quantitative estimate of drug-likeness (QED) is 0.139. The Bertz CT molecular complexity index is 3250. The summed E-state index contributed by atoms with van der Waals surface area (Å²) in [6.45, 7) is 25.8. The van der Waals surface area contributed by atoms with Gasteiger partial charge in [-0.05, 0) is 122 Å². The van der Waals surface area contributed by atoms with E-state index in [1.54, 1.807) is 0 Å². The highest BCUT2D eigenvalue weighted by Crippen LogP contribution is 2.55. The normalized spacial score (nSPS) is 13.6. The smallest absolute Gasteiger partial charge is 0.0775 e. The van der Waals surface area contributed by atoms with E-state index in [1.807, 2.05) is 0 Å². The number of hydrogen-bond donors (Lipinski definition) is 0. The molecular weight excluding hydrogens is 765 g/mol. The van der Waals surface area contributed by atoms with Crippen molar-refractivity contribution in [2.75, 3.05) is 4.90 Å². The van der Waals surface area contributed by atoms with Crippen molar-refractivity contribution in [3.8, 4) is 16.8 Å². The van der Waals surface area contributed by atoms with Crippen LogP contribution >= 0.6 is 0 Å². The molecule has 0 N–H and O–H groups in total. The predicted octanol–water partition coefficient (Wildman–Crippen LogP) is 16.5. The fourth-order valence-corrected chi connectivity index (χ4v) is 11.4. The number of nitrogens with zero attached hydrogens (tertiary/aromatic N) is 2. The first-order chi connectivity index (χ1) is 29.6. The Morgan fingerprint density at radius 3 is 1.98 bits per heavy atom. The molecule has 0 unspecified atom stereocenters. The molecule has 0 atom stereocenters. The van der Waals surface area contributed by atoms with E-state index in [9.17, 15) is 0 Å². The zero-order valence-corrected chi connectivity index (χ0v) is 38.9. The Kier molecular flexibility index (Phi) is 9.32. The third-order valence-electron chi connectivity index (χ3n) is 13.7. The van der Waals surface area contributed by atoms with Gasteiger partial charge in [0.2, 0.25) is 0 Å². The van der Waals surface area contributed by atoms with E-state index in [2.05, 4.69) is 229 Å². The van der Waals surface area contributed by atoms with Crippen molar-refractivity contribution < 1.29 is 0 Å². The summed E-state index contributed by atoms with van der Waals surface area (Å²) in [5.41, 5.74) is 16.1. The molecule has 0 bridgehead atoms. The minimum atomic E-state index is -1.49. The van der Waals surface area contributed by atoms with Crippen LogP contribution in [0, 0.1) is 0 Å². The highest BCUT2D eigenvalue weighted by Gasteiger charge is 2.38. The van der Waals surface area contributed by atoms with E-state index < -0.39 is 8.07 Å². The Labute approximate surface area is 369 Å². The van der Waals surface area contributed by atoms with Crippen LogP contribution in [-0.4, -0.2) is 12.6 Å². The van der Waals surface area contributed by atoms with Crippen LogP contribution in [0.1, 0.15) is 76.6 Å². The van der Waals surface area contributed by atoms with Crippen molar-refractivity contribution >= 4 is 79.2 Å². The minimum absolute atomic E-state index is 0.0293. The van der Waals surface area contributed by atoms with Gasteiger partial charge in [0.25, 0.3) is 0 Å². The molecule has 9 aromatic rings. The summed E-state index contributed by atoms with van der Waals surface area (Å²) in [7, 11) is -1.49. The van der Waals surface area contributed by atoms with Crippen molar-refractivity contribution in [2.45, 2.75) is 84.9 Å². The largest absolute Gasteiger partial charge is 0.310 e. The molecular formula is C59H58N2Si. The molecule has 1 heterocycles. The first-order valence-corrected chi connectivity index (χ1v) is 26.0. The molecule has 3 heteroatoms. The Morgan fingerprint density at radius 2 is 1.27 bits per heavy atom. The van der Waals surface area contributed by atoms with Gasteiger partial charge in [-0.25, -0.2) is 0 Å². The molecule has 308 valence electrons. The molecule has 0 radical (unpaired) electrons. The number of aromatic nitrogens is 1. The molecule has 1 aliphatic carbocycles. The van der Waals surface area contributed by atoms with Crippen molar-refractivity contribution in [2.24, 2.45) is 0 Å². The lowest BCUT2D eigenvalue weighted by Crippen LogP contribution is -2.37. The van der Waals surface area contributed by atoms with Gasteiger partial charge in [-0.15, -0.1) is 0 Å². The second-order valence-electron chi connectivity index (χ2n) is 20.3. The van der Waals surface area contributed by atoms with Crippen LogP contribution in [-0.2, 0) is 10.8 Å². The van der Waals surface area contributed by atoms with E-state index in [4.69, 9.17) is 0 Å². The maximum absolute atomic E-state index is 4.51. The number of allylic oxidation sites excluding steroid dienone is 1. The fourth-order valence-electron chi connectivity index (χ4n) is 10.2. The molecule has 0 spiro atoms. The van der Waals surface area contributed by atoms with Gasteiger partial charge in [0.15, 0.2) is 0 Å². The molecule has 0 amide bonds. The van der Waals surface area contributed by atoms with E-state index in [0.717, 1.165) is 12.8 Å². The summed E-state index contributed by atoms with van der Waals surface area (Å²) in [4.78, 5) is 2.48. The van der Waals surface area contributed by atoms with Gasteiger partial charge in [0.1, 0.15) is 0 Å². The van der Waals surface area contributed by atoms with Gasteiger partial charge in [0.05, 0.1) is 30.5 Å². The molecule has 62 heavy (non-hydrogen) atoms. The van der Waals surface area contributed by atoms with Gasteiger partial charge >= 0.3 is 0 Å². The third-order valence-corrected chi connectivity index (χ3v) is 15.8. The second kappa shape index (κ2) is 14.5. The summed E-state index contributed by atoms with van der Waals surface area (Å²) in [6.07, 6.45) is 2.08. The second-order valence-corrected chi connectivity index (χ2v) is 25.3. The number of fused-ring (bicyclic) bond motifs is 9. The van der Waals surface area contributed by atoms with Crippen molar-refractivity contribution in [1.82, 2.24) is 4.57 Å². The van der Waals surface area contributed by atoms with E-state index in [1.165, 1.54) is 110 Å². The minimum Gasteiger partial charge on any atom is -0.310 e. The van der Waals surface area contributed by atoms with E-state index in [-0.39, 0.29) is 10.8 Å². The standard InChI is InChI=1S/C59H58N2Si/c1-11-17-38(2)40-24-32-54-49(34-40)50-35-41(58(3,4)5)25-33-55(50)61(54)56-37-52-57(47-22-15-14-21-46(47)56)48-31-28-43(36-51(48)59(52,6)7)60(42-26-29-44(30-27-42)62(8,9)10)53-23-16-19-39-18-12-13-20-45(39)53/h12-16,18-37H,2,11,17H2,1,3-10H3. The number of rotatable bonds is 8. The first kappa shape index (κ1) is 39.9. The topological polar surface area (TPSA) is 8.17 Å². The number of benzene rings is 8. The van der Waals surface area contributed by atoms with E-state index >= 15 is 0 Å². The predicted molar refractivity (Wildman–Crippen MR) is 274 cm³/mol. The maximum atomic E-state index is 4.51. The average molecular weight is 823 g/mol. The summed E-state index contributed by atoms with van der Waals surface area (Å²) < 4.78 is 2.54. The third kappa shape index (κ3) is 6.35. The van der Waals surface area contributed by atoms with Crippen molar-refractivity contribution in [3.63, 3.8) is 0 Å². The SMILES string of the molecule is C=C(CCC)c1ccc2c(c1)c1cc(C(C)(C)C)ccc1n2-c1cc2c(c3ccccc13)-c1ccc(N(c3ccc([Si](C)(C)C)cc3)c3cccc4ccccc34)cc1C2(C)C. The molecule has 10 rings (SSSR count). The average Bonchev–Trinajstić information content (AvgIpc) is 3.70. The van der Waals surface area contributed by atoms with Crippen LogP contribution in [0.25, 0.3) is 65.7 Å². The van der Waals surface area contributed by atoms with Crippen LogP contribution in [0.5, 0.6) is 0 Å². The zero-order valence-electron chi connectivity index (χ0n) is 37.9. The Balaban J connectivity index is 1.19. The Hall–Kier alpha value is -6.16. The lowest BCUT2D eigenvalue weighted by atomic mass is 9.81. The van der Waals surface area contributed by atoms with Gasteiger partial charge in [-0.3, -0.25) is 0 Å². The van der Waals surface area contributed by atoms with Crippen LogP contribution in [0.3, 0.4) is 0 Å². The summed E-state index contributed by atoms with van der Waals surface area (Å²) in [5, 5.41) is 9.08. The Morgan fingerprint density at radius 1 is 0.629 bits per heavy atom. The van der Waals surface area contributed by atoms with Gasteiger partial charge in [0, 0.05) is 38.3 Å². The van der Waals surface area contributed by atoms with Gasteiger partial charge in [-0.2, -0.15) is 0 Å². The molecule has 8 aromatic carbocycles. The fraction of sp³-hybridized carbons (Fsp3) is 0.220. The summed E-state index contributed by atoms with van der Waals surface area (Å²) in [5.74, 6) is 0. The first-order valence-electron chi connectivity index (χ1n) is 22.5. The van der Waals surface area contributed by atoms with Crippen molar-refractivity contribution in [1.29, 1.82) is 0 Å². The van der Waals surface area contributed by atoms with E-state index in [0.29, 0.717) is 0 Å². The van der Waals surface area contributed by atoms with Crippen LogP contribution in [0.2, 0.25) is 19.6 Å². The molecule has 0 fully saturated rings. The molecule has 0 saturated carbocycles. The molecule has 1 aliphatic rings. The van der Waals surface area contributed by atoms with Gasteiger partial charge in [-0.1, -0.05) is 170 Å². The lowest BCUT2D eigenvalue weighted by molar-refractivity contribution is 0.591. The zero-order chi connectivity index (χ0) is 43.3. The molecule has 2 nitrogen and oxygen atoms in total. The lowest BCUT2D eigenvalue weighted by Gasteiger charge is -2.29. The van der Waals surface area contributed by atoms with Crippen LogP contribution in [0.4, 0.5) is 17.1 Å². The van der Waals surface area contributed by atoms with Crippen molar-refractivity contribution in [3.05, 3.63) is 180 Å². The number of anilines is 3. The number of hydrogen-bond acceptors (Lipinski definition) is 1. The van der Waals surface area contributed by atoms with Crippen LogP contribution in [0.15, 0.2) is 158 Å². The van der Waals surface area contributed by atoms with Crippen LogP contribution < -0.4 is 10.1 Å². The molecule has 0 saturated heterocycles. The van der Waals surface area contributed by atoms with Gasteiger partial charge < -0.3 is 9.47 Å².